The van der Waals surface area contributed by atoms with E-state index in [0.29, 0.717) is 23.4 Å². The minimum Gasteiger partial charge on any atom is -0.481 e. The van der Waals surface area contributed by atoms with E-state index in [1.54, 1.807) is 11.3 Å². The predicted molar refractivity (Wildman–Crippen MR) is 97.0 cm³/mol. The van der Waals surface area contributed by atoms with E-state index in [1.807, 2.05) is 0 Å². The monoisotopic (exact) mass is 365 g/mol. The quantitative estimate of drug-likeness (QED) is 0.719. The molecule has 2 aliphatic rings. The summed E-state index contributed by atoms with van der Waals surface area (Å²) in [5.41, 5.74) is 6.08. The van der Waals surface area contributed by atoms with Gasteiger partial charge < -0.3 is 16.2 Å². The fraction of sp³-hybridized carbons (Fsp3) is 0.722. The topological polar surface area (TPSA) is 105 Å². The minimum absolute atomic E-state index is 0.252. The molecule has 25 heavy (non-hydrogen) atoms. The number of hydrogen-bond acceptors (Lipinski definition) is 5. The minimum atomic E-state index is -0.716. The Kier molecular flexibility index (Phi) is 6.06. The lowest BCUT2D eigenvalue weighted by Crippen LogP contribution is -2.26. The second kappa shape index (κ2) is 8.27. The number of carboxylic acid groups (broad SMARTS) is 1. The first-order chi connectivity index (χ1) is 12.0. The van der Waals surface area contributed by atoms with Crippen molar-refractivity contribution >= 4 is 23.2 Å². The number of carbonyl (C=O) groups is 2. The summed E-state index contributed by atoms with van der Waals surface area (Å²) >= 11 is 1.69. The van der Waals surface area contributed by atoms with Crippen LogP contribution in [0, 0.1) is 5.92 Å². The third kappa shape index (κ3) is 4.58. The van der Waals surface area contributed by atoms with Gasteiger partial charge in [0.25, 0.3) is 5.91 Å². The summed E-state index contributed by atoms with van der Waals surface area (Å²) in [6.07, 6.45) is 7.18. The van der Waals surface area contributed by atoms with E-state index in [9.17, 15) is 9.59 Å². The molecule has 1 aliphatic carbocycles. The van der Waals surface area contributed by atoms with Crippen LogP contribution in [-0.2, 0) is 4.79 Å². The molecule has 0 aromatic carbocycles. The van der Waals surface area contributed by atoms with Gasteiger partial charge in [-0.3, -0.25) is 9.59 Å². The smallest absolute Gasteiger partial charge is 0.303 e. The van der Waals surface area contributed by atoms with E-state index in [-0.39, 0.29) is 6.42 Å². The van der Waals surface area contributed by atoms with Gasteiger partial charge in [-0.15, -0.1) is 11.3 Å². The highest BCUT2D eigenvalue weighted by Crippen LogP contribution is 2.42. The van der Waals surface area contributed by atoms with E-state index >= 15 is 0 Å². The van der Waals surface area contributed by atoms with Crippen molar-refractivity contribution in [2.75, 3.05) is 13.1 Å². The zero-order valence-corrected chi connectivity index (χ0v) is 15.3. The molecule has 1 amide bonds. The predicted octanol–water partition coefficient (Wildman–Crippen LogP) is 2.85. The van der Waals surface area contributed by atoms with Crippen LogP contribution in [-0.4, -0.2) is 35.1 Å². The fourth-order valence-electron chi connectivity index (χ4n) is 4.09. The Labute approximate surface area is 152 Å². The lowest BCUT2D eigenvalue weighted by molar-refractivity contribution is -0.137. The maximum atomic E-state index is 11.9. The van der Waals surface area contributed by atoms with E-state index in [2.05, 4.69) is 10.3 Å². The van der Waals surface area contributed by atoms with Crippen molar-refractivity contribution in [1.82, 2.24) is 10.3 Å². The van der Waals surface area contributed by atoms with E-state index in [1.165, 1.54) is 0 Å². The largest absolute Gasteiger partial charge is 0.481 e. The lowest BCUT2D eigenvalue weighted by atomic mass is 9.79. The summed E-state index contributed by atoms with van der Waals surface area (Å²) in [6, 6.07) is 0. The molecule has 1 aromatic heterocycles. The second-order valence-corrected chi connectivity index (χ2v) is 8.37. The van der Waals surface area contributed by atoms with Gasteiger partial charge in [0, 0.05) is 17.2 Å². The normalized spacial score (nSPS) is 25.0. The molecule has 0 spiro atoms. The van der Waals surface area contributed by atoms with Gasteiger partial charge >= 0.3 is 5.97 Å². The number of hydrogen-bond donors (Lipinski definition) is 3. The van der Waals surface area contributed by atoms with E-state index in [4.69, 9.17) is 10.8 Å². The molecular formula is C18H27N3O3S. The number of thiazole rings is 1. The number of piperidine rings is 1. The fourth-order valence-corrected chi connectivity index (χ4v) is 5.50. The standard InChI is InChI=1S/C18H27N3O3S/c19-17(24)15-16(25-18(21-15)13-7-9-20-10-8-13)12-4-1-11(2-5-12)3-6-14(22)23/h11-13,20H,1-10H2,(H2,19,24)(H,22,23). The van der Waals surface area contributed by atoms with Crippen LogP contribution in [0.4, 0.5) is 0 Å². The van der Waals surface area contributed by atoms with Crippen molar-refractivity contribution in [3.8, 4) is 0 Å². The second-order valence-electron chi connectivity index (χ2n) is 7.30. The number of nitrogens with one attached hydrogen (secondary N) is 1. The maximum Gasteiger partial charge on any atom is 0.303 e. The maximum absolute atomic E-state index is 11.9. The van der Waals surface area contributed by atoms with Crippen LogP contribution in [0.15, 0.2) is 0 Å². The number of carbonyl (C=O) groups excluding carboxylic acids is 1. The molecule has 6 nitrogen and oxygen atoms in total. The average Bonchev–Trinajstić information content (AvgIpc) is 3.07. The Morgan fingerprint density at radius 3 is 2.40 bits per heavy atom. The summed E-state index contributed by atoms with van der Waals surface area (Å²) in [5.74, 6) is 0.134. The van der Waals surface area contributed by atoms with Gasteiger partial charge in [-0.2, -0.15) is 0 Å². The molecule has 1 aliphatic heterocycles. The van der Waals surface area contributed by atoms with Crippen molar-refractivity contribution in [3.63, 3.8) is 0 Å². The summed E-state index contributed by atoms with van der Waals surface area (Å²) < 4.78 is 0. The Balaban J connectivity index is 1.68. The van der Waals surface area contributed by atoms with Crippen molar-refractivity contribution in [2.45, 2.75) is 63.2 Å². The number of aromatic nitrogens is 1. The molecule has 0 bridgehead atoms. The molecule has 4 N–H and O–H groups in total. The molecule has 138 valence electrons. The van der Waals surface area contributed by atoms with Gasteiger partial charge in [-0.05, 0) is 69.9 Å². The number of amides is 1. The molecule has 1 saturated heterocycles. The third-order valence-corrected chi connectivity index (χ3v) is 6.96. The molecule has 1 saturated carbocycles. The van der Waals surface area contributed by atoms with Gasteiger partial charge in [0.05, 0.1) is 5.01 Å². The Bertz CT molecular complexity index is 617. The van der Waals surface area contributed by atoms with Crippen LogP contribution in [0.1, 0.15) is 83.6 Å². The lowest BCUT2D eigenvalue weighted by Gasteiger charge is -2.27. The molecule has 1 aromatic rings. The first-order valence-electron chi connectivity index (χ1n) is 9.27. The van der Waals surface area contributed by atoms with Gasteiger partial charge in [-0.1, -0.05) is 0 Å². The molecule has 2 heterocycles. The van der Waals surface area contributed by atoms with Crippen molar-refractivity contribution in [2.24, 2.45) is 11.7 Å². The highest BCUT2D eigenvalue weighted by Gasteiger charge is 2.30. The number of carboxylic acids is 1. The van der Waals surface area contributed by atoms with Gasteiger partial charge in [0.15, 0.2) is 0 Å². The number of aliphatic carboxylic acids is 1. The zero-order valence-electron chi connectivity index (χ0n) is 14.5. The Morgan fingerprint density at radius 1 is 1.12 bits per heavy atom. The van der Waals surface area contributed by atoms with Crippen LogP contribution >= 0.6 is 11.3 Å². The number of nitrogens with two attached hydrogens (primary N) is 1. The number of rotatable bonds is 6. The van der Waals surface area contributed by atoms with E-state index < -0.39 is 11.9 Å². The molecule has 0 radical (unpaired) electrons. The van der Waals surface area contributed by atoms with Crippen LogP contribution in [0.25, 0.3) is 0 Å². The van der Waals surface area contributed by atoms with Gasteiger partial charge in [0.1, 0.15) is 5.69 Å². The molecule has 7 heteroatoms. The van der Waals surface area contributed by atoms with Gasteiger partial charge in [-0.25, -0.2) is 4.98 Å². The third-order valence-electron chi connectivity index (χ3n) is 5.58. The molecular weight excluding hydrogens is 338 g/mol. The molecule has 0 atom stereocenters. The van der Waals surface area contributed by atoms with Crippen molar-refractivity contribution < 1.29 is 14.7 Å². The Hall–Kier alpha value is -1.47. The van der Waals surface area contributed by atoms with Crippen molar-refractivity contribution in [3.05, 3.63) is 15.6 Å². The van der Waals surface area contributed by atoms with Crippen molar-refractivity contribution in [1.29, 1.82) is 0 Å². The summed E-state index contributed by atoms with van der Waals surface area (Å²) in [6.45, 7) is 2.00. The first-order valence-corrected chi connectivity index (χ1v) is 10.1. The van der Waals surface area contributed by atoms with E-state index in [0.717, 1.165) is 67.9 Å². The summed E-state index contributed by atoms with van der Waals surface area (Å²) in [4.78, 5) is 28.3. The molecule has 2 fully saturated rings. The highest BCUT2D eigenvalue weighted by atomic mass is 32.1. The van der Waals surface area contributed by atoms with Crippen LogP contribution in [0.3, 0.4) is 0 Å². The van der Waals surface area contributed by atoms with Crippen LogP contribution in [0.2, 0.25) is 0 Å². The number of nitrogens with zero attached hydrogens (tertiary/aromatic N) is 1. The average molecular weight is 365 g/mol. The zero-order chi connectivity index (χ0) is 17.8. The molecule has 3 rings (SSSR count). The SMILES string of the molecule is NC(=O)c1nc(C2CCNCC2)sc1C1CCC(CCC(=O)O)CC1. The summed E-state index contributed by atoms with van der Waals surface area (Å²) in [5, 5.41) is 13.3. The highest BCUT2D eigenvalue weighted by molar-refractivity contribution is 7.12. The van der Waals surface area contributed by atoms with Crippen LogP contribution < -0.4 is 11.1 Å². The van der Waals surface area contributed by atoms with Crippen LogP contribution in [0.5, 0.6) is 0 Å². The molecule has 0 unspecified atom stereocenters. The summed E-state index contributed by atoms with van der Waals surface area (Å²) in [7, 11) is 0. The van der Waals surface area contributed by atoms with Gasteiger partial charge in [0.2, 0.25) is 0 Å². The first kappa shape index (κ1) is 18.3. The Morgan fingerprint density at radius 2 is 1.80 bits per heavy atom. The number of primary amides is 1.